The molecule has 1 fully saturated rings. The Labute approximate surface area is 135 Å². The Bertz CT molecular complexity index is 725. The summed E-state index contributed by atoms with van der Waals surface area (Å²) in [5.41, 5.74) is 0.0629. The van der Waals surface area contributed by atoms with Crippen LogP contribution in [-0.4, -0.2) is 52.3 Å². The third-order valence-corrected chi connectivity index (χ3v) is 4.44. The van der Waals surface area contributed by atoms with E-state index in [-0.39, 0.29) is 17.0 Å². The molecule has 0 bridgehead atoms. The zero-order valence-electron chi connectivity index (χ0n) is 12.0. The van der Waals surface area contributed by atoms with Crippen LogP contribution in [0.3, 0.4) is 0 Å². The van der Waals surface area contributed by atoms with Crippen LogP contribution in [0.15, 0.2) is 28.1 Å². The van der Waals surface area contributed by atoms with Crippen molar-refractivity contribution in [3.05, 3.63) is 38.8 Å². The molecular formula is C14H13N3O5S. The van der Waals surface area contributed by atoms with Crippen LogP contribution < -0.4 is 0 Å². The van der Waals surface area contributed by atoms with Crippen LogP contribution in [0.4, 0.5) is 5.69 Å². The number of aliphatic imine (C=N–C) groups is 1. The first-order valence-corrected chi connectivity index (χ1v) is 7.69. The molecule has 1 aromatic rings. The maximum absolute atomic E-state index is 12.0. The van der Waals surface area contributed by atoms with E-state index in [9.17, 15) is 20.0 Å². The fraction of sp³-hybridized carbons (Fsp3) is 0.286. The van der Waals surface area contributed by atoms with Crippen molar-refractivity contribution in [3.8, 4) is 5.75 Å². The highest BCUT2D eigenvalue weighted by Crippen LogP contribution is 2.33. The normalized spacial score (nSPS) is 20.0. The average Bonchev–Trinajstić information content (AvgIpc) is 2.91. The monoisotopic (exact) mass is 335 g/mol. The number of nitrogens with zero attached hydrogens (tertiary/aromatic N) is 3. The summed E-state index contributed by atoms with van der Waals surface area (Å²) in [6.07, 6.45) is 1.42. The molecule has 2 aliphatic rings. The maximum atomic E-state index is 12.0. The van der Waals surface area contributed by atoms with E-state index < -0.39 is 10.8 Å². The van der Waals surface area contributed by atoms with E-state index in [1.807, 2.05) is 4.90 Å². The fourth-order valence-corrected chi connectivity index (χ4v) is 3.16. The molecule has 23 heavy (non-hydrogen) atoms. The third-order valence-electron chi connectivity index (χ3n) is 3.40. The second-order valence-corrected chi connectivity index (χ2v) is 5.92. The number of hydrogen-bond acceptors (Lipinski definition) is 7. The lowest BCUT2D eigenvalue weighted by molar-refractivity contribution is -0.384. The lowest BCUT2D eigenvalue weighted by atomic mass is 10.1. The van der Waals surface area contributed by atoms with Gasteiger partial charge in [-0.3, -0.25) is 14.9 Å². The van der Waals surface area contributed by atoms with Crippen molar-refractivity contribution in [3.63, 3.8) is 0 Å². The minimum absolute atomic E-state index is 0.128. The number of nitro benzene ring substituents is 1. The molecule has 1 aromatic carbocycles. The first kappa shape index (κ1) is 15.5. The molecular weight excluding hydrogens is 322 g/mol. The Morgan fingerprint density at radius 2 is 2.13 bits per heavy atom. The number of nitro groups is 1. The molecule has 8 nitrogen and oxygen atoms in total. The minimum Gasteiger partial charge on any atom is -0.507 e. The van der Waals surface area contributed by atoms with Crippen molar-refractivity contribution in [1.82, 2.24) is 4.90 Å². The molecule has 0 spiro atoms. The molecule has 0 aliphatic carbocycles. The molecule has 0 radical (unpaired) electrons. The molecule has 1 amide bonds. The Morgan fingerprint density at radius 1 is 1.39 bits per heavy atom. The van der Waals surface area contributed by atoms with Crippen molar-refractivity contribution >= 4 is 34.6 Å². The standard InChI is InChI=1S/C14H13N3O5S/c18-11-2-1-10(17(20)21)7-9(11)8-12-13(19)15-14(23-12)16-3-5-22-6-4-16/h1-2,7-8,18H,3-6H2/b12-8+. The summed E-state index contributed by atoms with van der Waals surface area (Å²) in [4.78, 5) is 28.6. The zero-order valence-corrected chi connectivity index (χ0v) is 12.8. The smallest absolute Gasteiger partial charge is 0.286 e. The Balaban J connectivity index is 1.83. The number of thioether (sulfide) groups is 1. The summed E-state index contributed by atoms with van der Waals surface area (Å²) in [5.74, 6) is -0.543. The van der Waals surface area contributed by atoms with Crippen LogP contribution >= 0.6 is 11.8 Å². The summed E-state index contributed by atoms with van der Waals surface area (Å²) in [6, 6.07) is 3.66. The van der Waals surface area contributed by atoms with Gasteiger partial charge in [-0.25, -0.2) is 0 Å². The number of ether oxygens (including phenoxy) is 1. The summed E-state index contributed by atoms with van der Waals surface area (Å²) in [7, 11) is 0. The van der Waals surface area contributed by atoms with Gasteiger partial charge in [-0.2, -0.15) is 4.99 Å². The van der Waals surface area contributed by atoms with Gasteiger partial charge in [0.05, 0.1) is 23.0 Å². The van der Waals surface area contributed by atoms with Crippen molar-refractivity contribution in [2.24, 2.45) is 4.99 Å². The lowest BCUT2D eigenvalue weighted by Crippen LogP contribution is -2.38. The highest BCUT2D eigenvalue weighted by Gasteiger charge is 2.27. The van der Waals surface area contributed by atoms with Crippen molar-refractivity contribution in [2.75, 3.05) is 26.3 Å². The van der Waals surface area contributed by atoms with E-state index in [0.717, 1.165) is 0 Å². The quantitative estimate of drug-likeness (QED) is 0.497. The topological polar surface area (TPSA) is 105 Å². The number of amides is 1. The van der Waals surface area contributed by atoms with Gasteiger partial charge in [0.15, 0.2) is 5.17 Å². The highest BCUT2D eigenvalue weighted by atomic mass is 32.2. The predicted octanol–water partition coefficient (Wildman–Crippen LogP) is 1.60. The molecule has 0 unspecified atom stereocenters. The number of carbonyl (C=O) groups excluding carboxylic acids is 1. The first-order chi connectivity index (χ1) is 11.0. The maximum Gasteiger partial charge on any atom is 0.286 e. The SMILES string of the molecule is O=C1N=C(N2CCOCC2)S/C1=C/c1cc([N+](=O)[O-])ccc1O. The molecule has 1 N–H and O–H groups in total. The van der Waals surface area contributed by atoms with E-state index in [1.165, 1.54) is 36.0 Å². The fourth-order valence-electron chi connectivity index (χ4n) is 2.20. The average molecular weight is 335 g/mol. The molecule has 1 saturated heterocycles. The molecule has 9 heteroatoms. The highest BCUT2D eigenvalue weighted by molar-refractivity contribution is 8.18. The van der Waals surface area contributed by atoms with Crippen LogP contribution in [-0.2, 0) is 9.53 Å². The number of amidine groups is 1. The number of aromatic hydroxyl groups is 1. The molecule has 0 aromatic heterocycles. The van der Waals surface area contributed by atoms with Crippen molar-refractivity contribution in [2.45, 2.75) is 0 Å². The van der Waals surface area contributed by atoms with Crippen LogP contribution in [0.1, 0.15) is 5.56 Å². The lowest BCUT2D eigenvalue weighted by Gasteiger charge is -2.27. The van der Waals surface area contributed by atoms with Crippen molar-refractivity contribution < 1.29 is 19.6 Å². The molecule has 2 heterocycles. The minimum atomic E-state index is -0.555. The van der Waals surface area contributed by atoms with Crippen LogP contribution in [0.2, 0.25) is 0 Å². The number of carbonyl (C=O) groups is 1. The van der Waals surface area contributed by atoms with Gasteiger partial charge in [0.25, 0.3) is 11.6 Å². The molecule has 120 valence electrons. The number of benzene rings is 1. The number of hydrogen-bond donors (Lipinski definition) is 1. The second-order valence-electron chi connectivity index (χ2n) is 4.91. The van der Waals surface area contributed by atoms with Gasteiger partial charge in [0.1, 0.15) is 5.75 Å². The number of rotatable bonds is 2. The molecule has 0 saturated carbocycles. The van der Waals surface area contributed by atoms with E-state index in [2.05, 4.69) is 4.99 Å². The molecule has 0 atom stereocenters. The number of non-ortho nitro benzene ring substituents is 1. The summed E-state index contributed by atoms with van der Waals surface area (Å²) >= 11 is 1.19. The first-order valence-electron chi connectivity index (χ1n) is 6.87. The van der Waals surface area contributed by atoms with Gasteiger partial charge in [-0.05, 0) is 23.9 Å². The zero-order chi connectivity index (χ0) is 16.4. The number of phenolic OH excluding ortho intramolecular Hbond substituents is 1. The van der Waals surface area contributed by atoms with Crippen molar-refractivity contribution in [1.29, 1.82) is 0 Å². The molecule has 3 rings (SSSR count). The summed E-state index contributed by atoms with van der Waals surface area (Å²) in [6.45, 7) is 2.49. The summed E-state index contributed by atoms with van der Waals surface area (Å²) < 4.78 is 5.26. The third kappa shape index (κ3) is 3.35. The molecule has 2 aliphatic heterocycles. The van der Waals surface area contributed by atoms with Gasteiger partial charge in [-0.15, -0.1) is 0 Å². The van der Waals surface area contributed by atoms with E-state index in [0.29, 0.717) is 36.4 Å². The number of phenols is 1. The Kier molecular flexibility index (Phi) is 4.30. The van der Waals surface area contributed by atoms with Gasteiger partial charge in [-0.1, -0.05) is 0 Å². The van der Waals surface area contributed by atoms with Gasteiger partial charge < -0.3 is 14.7 Å². The Hall–Kier alpha value is -2.39. The van der Waals surface area contributed by atoms with Gasteiger partial charge in [0, 0.05) is 30.8 Å². The second kappa shape index (κ2) is 6.39. The largest absolute Gasteiger partial charge is 0.507 e. The van der Waals surface area contributed by atoms with E-state index in [4.69, 9.17) is 4.74 Å². The van der Waals surface area contributed by atoms with E-state index >= 15 is 0 Å². The summed E-state index contributed by atoms with van der Waals surface area (Å²) in [5, 5.41) is 21.2. The van der Waals surface area contributed by atoms with Crippen LogP contribution in [0, 0.1) is 10.1 Å². The van der Waals surface area contributed by atoms with Gasteiger partial charge >= 0.3 is 0 Å². The number of morpholine rings is 1. The predicted molar refractivity (Wildman–Crippen MR) is 85.2 cm³/mol. The van der Waals surface area contributed by atoms with Crippen LogP contribution in [0.25, 0.3) is 6.08 Å². The van der Waals surface area contributed by atoms with Gasteiger partial charge in [0.2, 0.25) is 0 Å². The van der Waals surface area contributed by atoms with Crippen LogP contribution in [0.5, 0.6) is 5.75 Å². The Morgan fingerprint density at radius 3 is 2.83 bits per heavy atom. The van der Waals surface area contributed by atoms with E-state index in [1.54, 1.807) is 0 Å².